The predicted octanol–water partition coefficient (Wildman–Crippen LogP) is 1.19. The molecule has 0 spiro atoms. The summed E-state index contributed by atoms with van der Waals surface area (Å²) in [5.41, 5.74) is 0.405. The van der Waals surface area contributed by atoms with Crippen LogP contribution in [0.2, 0.25) is 0 Å². The average Bonchev–Trinajstić information content (AvgIpc) is 2.59. The molecule has 2 atom stereocenters. The van der Waals surface area contributed by atoms with Crippen LogP contribution in [0, 0.1) is 0 Å². The second kappa shape index (κ2) is 5.11. The van der Waals surface area contributed by atoms with E-state index in [0.29, 0.717) is 0 Å². The lowest BCUT2D eigenvalue weighted by Crippen LogP contribution is -2.42. The molecule has 1 saturated heterocycles. The minimum atomic E-state index is -3.20. The molecule has 2 rings (SSSR count). The Labute approximate surface area is 120 Å². The SMILES string of the molecule is CN1[C@H](CO)[C@@H](c2ccc(S(C)(=O)=O)cc2)OC1(C)C. The Kier molecular flexibility index (Phi) is 3.94. The molecule has 6 heteroatoms. The normalized spacial score (nSPS) is 26.9. The molecular formula is C14H21NO4S. The first kappa shape index (κ1) is 15.4. The molecule has 0 radical (unpaired) electrons. The number of sulfone groups is 1. The van der Waals surface area contributed by atoms with Crippen LogP contribution in [-0.2, 0) is 14.6 Å². The molecule has 1 heterocycles. The maximum Gasteiger partial charge on any atom is 0.175 e. The summed E-state index contributed by atoms with van der Waals surface area (Å²) in [6.45, 7) is 3.87. The van der Waals surface area contributed by atoms with E-state index in [1.165, 1.54) is 6.26 Å². The Morgan fingerprint density at radius 1 is 1.30 bits per heavy atom. The number of ether oxygens (including phenoxy) is 1. The van der Waals surface area contributed by atoms with Crippen molar-refractivity contribution in [1.29, 1.82) is 0 Å². The lowest BCUT2D eigenvalue weighted by atomic mass is 10.0. The summed E-state index contributed by atoms with van der Waals surface area (Å²) in [5.74, 6) is 0. The highest BCUT2D eigenvalue weighted by Gasteiger charge is 2.45. The Morgan fingerprint density at radius 3 is 2.30 bits per heavy atom. The third-order valence-electron chi connectivity index (χ3n) is 3.94. The highest BCUT2D eigenvalue weighted by molar-refractivity contribution is 7.90. The summed E-state index contributed by atoms with van der Waals surface area (Å²) in [5, 5.41) is 9.57. The van der Waals surface area contributed by atoms with Crippen molar-refractivity contribution in [3.8, 4) is 0 Å². The van der Waals surface area contributed by atoms with E-state index >= 15 is 0 Å². The monoisotopic (exact) mass is 299 g/mol. The number of rotatable bonds is 3. The Bertz CT molecular complexity index is 580. The molecule has 0 aromatic heterocycles. The largest absolute Gasteiger partial charge is 0.395 e. The molecule has 0 saturated carbocycles. The molecule has 1 aromatic rings. The number of likely N-dealkylation sites (N-methyl/N-ethyl adjacent to an activating group) is 1. The third-order valence-corrected chi connectivity index (χ3v) is 5.06. The topological polar surface area (TPSA) is 66.8 Å². The van der Waals surface area contributed by atoms with Crippen LogP contribution < -0.4 is 0 Å². The van der Waals surface area contributed by atoms with Gasteiger partial charge in [0.2, 0.25) is 0 Å². The highest BCUT2D eigenvalue weighted by atomic mass is 32.2. The maximum absolute atomic E-state index is 11.5. The summed E-state index contributed by atoms with van der Waals surface area (Å²) in [7, 11) is -1.29. The van der Waals surface area contributed by atoms with Crippen molar-refractivity contribution in [1.82, 2.24) is 4.90 Å². The van der Waals surface area contributed by atoms with E-state index in [1.807, 2.05) is 25.8 Å². The minimum absolute atomic E-state index is 0.0155. The maximum atomic E-state index is 11.5. The van der Waals surface area contributed by atoms with Gasteiger partial charge in [0.1, 0.15) is 11.8 Å². The van der Waals surface area contributed by atoms with Crippen LogP contribution in [0.25, 0.3) is 0 Å². The fourth-order valence-corrected chi connectivity index (χ4v) is 3.12. The van der Waals surface area contributed by atoms with Crippen molar-refractivity contribution >= 4 is 9.84 Å². The van der Waals surface area contributed by atoms with E-state index in [2.05, 4.69) is 0 Å². The number of aliphatic hydroxyl groups excluding tert-OH is 1. The molecular weight excluding hydrogens is 278 g/mol. The number of aliphatic hydroxyl groups is 1. The Balaban J connectivity index is 2.32. The van der Waals surface area contributed by atoms with Crippen molar-refractivity contribution < 1.29 is 18.3 Å². The first-order valence-electron chi connectivity index (χ1n) is 6.48. The van der Waals surface area contributed by atoms with Crippen molar-refractivity contribution in [3.05, 3.63) is 29.8 Å². The second-order valence-electron chi connectivity index (χ2n) is 5.69. The third kappa shape index (κ3) is 2.74. The summed E-state index contributed by atoms with van der Waals surface area (Å²) < 4.78 is 28.9. The molecule has 20 heavy (non-hydrogen) atoms. The van der Waals surface area contributed by atoms with Gasteiger partial charge in [-0.1, -0.05) is 12.1 Å². The van der Waals surface area contributed by atoms with Crippen LogP contribution >= 0.6 is 0 Å². The molecule has 1 aliphatic rings. The molecule has 0 amide bonds. The summed E-state index contributed by atoms with van der Waals surface area (Å²) in [4.78, 5) is 2.27. The minimum Gasteiger partial charge on any atom is -0.395 e. The van der Waals surface area contributed by atoms with Gasteiger partial charge in [-0.15, -0.1) is 0 Å². The van der Waals surface area contributed by atoms with E-state index in [-0.39, 0.29) is 23.6 Å². The van der Waals surface area contributed by atoms with Crippen molar-refractivity contribution in [2.24, 2.45) is 0 Å². The van der Waals surface area contributed by atoms with Gasteiger partial charge < -0.3 is 9.84 Å². The van der Waals surface area contributed by atoms with Gasteiger partial charge in [0.05, 0.1) is 17.5 Å². The number of hydrogen-bond donors (Lipinski definition) is 1. The first-order chi connectivity index (χ1) is 9.16. The lowest BCUT2D eigenvalue weighted by Gasteiger charge is -2.28. The van der Waals surface area contributed by atoms with Crippen molar-refractivity contribution in [2.75, 3.05) is 19.9 Å². The van der Waals surface area contributed by atoms with Crippen LogP contribution in [-0.4, -0.2) is 50.1 Å². The second-order valence-corrected chi connectivity index (χ2v) is 7.70. The summed E-state index contributed by atoms with van der Waals surface area (Å²) in [6.07, 6.45) is 0.912. The quantitative estimate of drug-likeness (QED) is 0.908. The average molecular weight is 299 g/mol. The fraction of sp³-hybridized carbons (Fsp3) is 0.571. The lowest BCUT2D eigenvalue weighted by molar-refractivity contribution is -0.0684. The molecule has 0 aliphatic carbocycles. The Morgan fingerprint density at radius 2 is 1.85 bits per heavy atom. The fourth-order valence-electron chi connectivity index (χ4n) is 2.49. The highest BCUT2D eigenvalue weighted by Crippen LogP contribution is 2.39. The zero-order chi connectivity index (χ0) is 15.1. The molecule has 1 fully saturated rings. The molecule has 0 unspecified atom stereocenters. The molecule has 1 N–H and O–H groups in total. The van der Waals surface area contributed by atoms with Crippen LogP contribution in [0.3, 0.4) is 0 Å². The van der Waals surface area contributed by atoms with Gasteiger partial charge in [-0.3, -0.25) is 4.90 Å². The van der Waals surface area contributed by atoms with Crippen LogP contribution in [0.15, 0.2) is 29.2 Å². The van der Waals surface area contributed by atoms with Gasteiger partial charge >= 0.3 is 0 Å². The summed E-state index contributed by atoms with van der Waals surface area (Å²) in [6, 6.07) is 6.51. The van der Waals surface area contributed by atoms with E-state index in [9.17, 15) is 13.5 Å². The van der Waals surface area contributed by atoms with Gasteiger partial charge in [-0.05, 0) is 38.6 Å². The number of nitrogens with zero attached hydrogens (tertiary/aromatic N) is 1. The number of benzene rings is 1. The number of hydrogen-bond acceptors (Lipinski definition) is 5. The van der Waals surface area contributed by atoms with E-state index in [1.54, 1.807) is 24.3 Å². The zero-order valence-electron chi connectivity index (χ0n) is 12.2. The van der Waals surface area contributed by atoms with Crippen molar-refractivity contribution in [2.45, 2.75) is 36.6 Å². The Hall–Kier alpha value is -0.950. The van der Waals surface area contributed by atoms with Crippen molar-refractivity contribution in [3.63, 3.8) is 0 Å². The van der Waals surface area contributed by atoms with Gasteiger partial charge in [0.25, 0.3) is 0 Å². The van der Waals surface area contributed by atoms with Crippen LogP contribution in [0.1, 0.15) is 25.5 Å². The molecule has 1 aromatic carbocycles. The smallest absolute Gasteiger partial charge is 0.175 e. The van der Waals surface area contributed by atoms with Gasteiger partial charge in [-0.25, -0.2) is 8.42 Å². The molecule has 1 aliphatic heterocycles. The van der Waals surface area contributed by atoms with Crippen LogP contribution in [0.4, 0.5) is 0 Å². The molecule has 0 bridgehead atoms. The standard InChI is InChI=1S/C14H21NO4S/c1-14(2)15(3)12(9-16)13(19-14)10-5-7-11(8-6-10)20(4,17)18/h5-8,12-13,16H,9H2,1-4H3/t12-,13-/m1/s1. The molecule has 5 nitrogen and oxygen atoms in total. The summed E-state index contributed by atoms with van der Waals surface area (Å²) >= 11 is 0. The van der Waals surface area contributed by atoms with E-state index < -0.39 is 15.6 Å². The van der Waals surface area contributed by atoms with E-state index in [4.69, 9.17) is 4.74 Å². The predicted molar refractivity (Wildman–Crippen MR) is 76.1 cm³/mol. The van der Waals surface area contributed by atoms with Crippen LogP contribution in [0.5, 0.6) is 0 Å². The van der Waals surface area contributed by atoms with E-state index in [0.717, 1.165) is 5.56 Å². The first-order valence-corrected chi connectivity index (χ1v) is 8.37. The zero-order valence-corrected chi connectivity index (χ0v) is 13.0. The van der Waals surface area contributed by atoms with Gasteiger partial charge in [0.15, 0.2) is 9.84 Å². The molecule has 112 valence electrons. The van der Waals surface area contributed by atoms with Gasteiger partial charge in [0, 0.05) is 6.26 Å². The van der Waals surface area contributed by atoms with Gasteiger partial charge in [-0.2, -0.15) is 0 Å².